The third kappa shape index (κ3) is 1.43. The van der Waals surface area contributed by atoms with E-state index in [0.717, 1.165) is 0 Å². The summed E-state index contributed by atoms with van der Waals surface area (Å²) in [5.41, 5.74) is 6.56. The molecule has 0 fully saturated rings. The van der Waals surface area contributed by atoms with E-state index in [1.165, 1.54) is 6.21 Å². The van der Waals surface area contributed by atoms with Crippen LogP contribution >= 0.6 is 0 Å². The molecule has 1 aromatic carbocycles. The van der Waals surface area contributed by atoms with Gasteiger partial charge >= 0.3 is 0 Å². The first-order valence-corrected chi connectivity index (χ1v) is 3.19. The summed E-state index contributed by atoms with van der Waals surface area (Å²) in [4.78, 5) is 0. The second-order valence-corrected chi connectivity index (χ2v) is 2.15. The van der Waals surface area contributed by atoms with Crippen LogP contribution in [0.2, 0.25) is 0 Å². The van der Waals surface area contributed by atoms with Crippen molar-refractivity contribution in [2.45, 2.75) is 0 Å². The van der Waals surface area contributed by atoms with Crippen molar-refractivity contribution >= 4 is 12.1 Å². The minimum Gasteiger partial charge on any atom is -0.384 e. The van der Waals surface area contributed by atoms with Gasteiger partial charge in [0, 0.05) is 17.3 Å². The molecule has 0 spiro atoms. The first-order valence-electron chi connectivity index (χ1n) is 3.19. The van der Waals surface area contributed by atoms with Crippen LogP contribution in [0.1, 0.15) is 11.1 Å². The van der Waals surface area contributed by atoms with Crippen molar-refractivity contribution in [1.82, 2.24) is 0 Å². The standard InChI is InChI=1S/C8H9N3/c9-5-6-3-1-2-4-7(6)8(10)11/h1-5,9H,(H3,10,11). The maximum absolute atomic E-state index is 7.15. The molecule has 0 aromatic heterocycles. The lowest BCUT2D eigenvalue weighted by Gasteiger charge is -2.00. The van der Waals surface area contributed by atoms with Gasteiger partial charge in [-0.2, -0.15) is 0 Å². The molecule has 0 unspecified atom stereocenters. The molecule has 0 saturated heterocycles. The topological polar surface area (TPSA) is 73.7 Å². The van der Waals surface area contributed by atoms with Crippen LogP contribution in [0.3, 0.4) is 0 Å². The molecule has 4 N–H and O–H groups in total. The van der Waals surface area contributed by atoms with Crippen LogP contribution in [0.5, 0.6) is 0 Å². The molecular formula is C8H9N3. The largest absolute Gasteiger partial charge is 0.384 e. The fraction of sp³-hybridized carbons (Fsp3) is 0. The first-order chi connectivity index (χ1) is 5.25. The van der Waals surface area contributed by atoms with Gasteiger partial charge in [-0.05, 0) is 0 Å². The number of nitrogens with one attached hydrogen (secondary N) is 2. The second kappa shape index (κ2) is 2.96. The van der Waals surface area contributed by atoms with Crippen LogP contribution in [0.25, 0.3) is 0 Å². The van der Waals surface area contributed by atoms with Crippen molar-refractivity contribution in [3.05, 3.63) is 35.4 Å². The van der Waals surface area contributed by atoms with E-state index < -0.39 is 0 Å². The van der Waals surface area contributed by atoms with Crippen LogP contribution in [-0.4, -0.2) is 12.1 Å². The summed E-state index contributed by atoms with van der Waals surface area (Å²) in [7, 11) is 0. The lowest BCUT2D eigenvalue weighted by atomic mass is 10.1. The predicted molar refractivity (Wildman–Crippen MR) is 45.3 cm³/mol. The van der Waals surface area contributed by atoms with Crippen molar-refractivity contribution in [2.24, 2.45) is 5.73 Å². The zero-order chi connectivity index (χ0) is 8.27. The Morgan fingerprint density at radius 1 is 1.36 bits per heavy atom. The van der Waals surface area contributed by atoms with Crippen LogP contribution in [-0.2, 0) is 0 Å². The van der Waals surface area contributed by atoms with Gasteiger partial charge < -0.3 is 11.1 Å². The summed E-state index contributed by atoms with van der Waals surface area (Å²) in [6.07, 6.45) is 1.19. The number of amidine groups is 1. The Kier molecular flexibility index (Phi) is 2.01. The summed E-state index contributed by atoms with van der Waals surface area (Å²) in [6.45, 7) is 0. The van der Waals surface area contributed by atoms with E-state index in [4.69, 9.17) is 16.6 Å². The van der Waals surface area contributed by atoms with Gasteiger partial charge in [-0.3, -0.25) is 5.41 Å². The molecule has 0 saturated carbocycles. The summed E-state index contributed by atoms with van der Waals surface area (Å²) < 4.78 is 0. The Morgan fingerprint density at radius 3 is 2.45 bits per heavy atom. The van der Waals surface area contributed by atoms with Gasteiger partial charge in [-0.25, -0.2) is 0 Å². The number of nitrogens with two attached hydrogens (primary N) is 1. The molecular weight excluding hydrogens is 138 g/mol. The van der Waals surface area contributed by atoms with Crippen LogP contribution in [0.4, 0.5) is 0 Å². The zero-order valence-electron chi connectivity index (χ0n) is 5.96. The normalized spacial score (nSPS) is 9.09. The molecule has 3 nitrogen and oxygen atoms in total. The van der Waals surface area contributed by atoms with Crippen LogP contribution < -0.4 is 5.73 Å². The van der Waals surface area contributed by atoms with E-state index in [-0.39, 0.29) is 5.84 Å². The molecule has 0 aliphatic rings. The minimum absolute atomic E-state index is 0.00380. The fourth-order valence-corrected chi connectivity index (χ4v) is 0.868. The second-order valence-electron chi connectivity index (χ2n) is 2.15. The van der Waals surface area contributed by atoms with Gasteiger partial charge in [0.1, 0.15) is 5.84 Å². The van der Waals surface area contributed by atoms with Gasteiger partial charge in [0.2, 0.25) is 0 Å². The van der Waals surface area contributed by atoms with Crippen molar-refractivity contribution in [2.75, 3.05) is 0 Å². The minimum atomic E-state index is 0.00380. The predicted octanol–water partition coefficient (Wildman–Crippen LogP) is 0.968. The molecule has 0 heterocycles. The van der Waals surface area contributed by atoms with Crippen molar-refractivity contribution in [1.29, 1.82) is 10.8 Å². The Balaban J connectivity index is 3.22. The molecule has 0 amide bonds. The first kappa shape index (κ1) is 7.47. The van der Waals surface area contributed by atoms with Crippen LogP contribution in [0, 0.1) is 10.8 Å². The smallest absolute Gasteiger partial charge is 0.123 e. The number of rotatable bonds is 2. The van der Waals surface area contributed by atoms with E-state index >= 15 is 0 Å². The van der Waals surface area contributed by atoms with E-state index in [9.17, 15) is 0 Å². The lowest BCUT2D eigenvalue weighted by molar-refractivity contribution is 1.41. The van der Waals surface area contributed by atoms with Crippen molar-refractivity contribution in [3.8, 4) is 0 Å². The van der Waals surface area contributed by atoms with Gasteiger partial charge in [0.15, 0.2) is 0 Å². The zero-order valence-corrected chi connectivity index (χ0v) is 5.96. The van der Waals surface area contributed by atoms with Gasteiger partial charge in [0.25, 0.3) is 0 Å². The molecule has 1 aromatic rings. The average Bonchev–Trinajstić information content (AvgIpc) is 2.04. The summed E-state index contributed by atoms with van der Waals surface area (Å²) >= 11 is 0. The van der Waals surface area contributed by atoms with Crippen molar-refractivity contribution < 1.29 is 0 Å². The Morgan fingerprint density at radius 2 is 2.00 bits per heavy atom. The molecule has 0 bridgehead atoms. The van der Waals surface area contributed by atoms with Crippen molar-refractivity contribution in [3.63, 3.8) is 0 Å². The van der Waals surface area contributed by atoms with E-state index in [1.54, 1.807) is 18.2 Å². The number of benzene rings is 1. The number of hydrogen-bond donors (Lipinski definition) is 3. The van der Waals surface area contributed by atoms with Crippen LogP contribution in [0.15, 0.2) is 24.3 Å². The fourth-order valence-electron chi connectivity index (χ4n) is 0.868. The Hall–Kier alpha value is -1.64. The summed E-state index contributed by atoms with van der Waals surface area (Å²) in [5, 5.41) is 14.2. The number of nitrogen functional groups attached to an aromatic ring is 1. The highest BCUT2D eigenvalue weighted by atomic mass is 14.7. The maximum Gasteiger partial charge on any atom is 0.123 e. The lowest BCUT2D eigenvalue weighted by Crippen LogP contribution is -2.13. The molecule has 3 heteroatoms. The average molecular weight is 147 g/mol. The summed E-state index contributed by atoms with van der Waals surface area (Å²) in [5.74, 6) is 0.00380. The molecule has 0 aliphatic carbocycles. The molecule has 0 radical (unpaired) electrons. The Bertz CT molecular complexity index is 291. The highest BCUT2D eigenvalue weighted by molar-refractivity contribution is 6.02. The molecule has 0 aliphatic heterocycles. The highest BCUT2D eigenvalue weighted by Crippen LogP contribution is 2.03. The van der Waals surface area contributed by atoms with Gasteiger partial charge in [-0.1, -0.05) is 24.3 Å². The molecule has 56 valence electrons. The highest BCUT2D eigenvalue weighted by Gasteiger charge is 1.99. The molecule has 1 rings (SSSR count). The SMILES string of the molecule is N=Cc1ccccc1C(=N)N. The van der Waals surface area contributed by atoms with Gasteiger partial charge in [0.05, 0.1) is 0 Å². The Labute approximate surface area is 64.9 Å². The van der Waals surface area contributed by atoms with Gasteiger partial charge in [-0.15, -0.1) is 0 Å². The molecule has 0 atom stereocenters. The van der Waals surface area contributed by atoms with E-state index in [0.29, 0.717) is 11.1 Å². The molecule has 11 heavy (non-hydrogen) atoms. The maximum atomic E-state index is 7.15. The summed E-state index contributed by atoms with van der Waals surface area (Å²) in [6, 6.07) is 7.09. The quantitative estimate of drug-likeness (QED) is 0.423. The monoisotopic (exact) mass is 147 g/mol. The van der Waals surface area contributed by atoms with E-state index in [1.807, 2.05) is 6.07 Å². The third-order valence-corrected chi connectivity index (χ3v) is 1.41. The third-order valence-electron chi connectivity index (χ3n) is 1.41. The number of hydrogen-bond acceptors (Lipinski definition) is 2. The van der Waals surface area contributed by atoms with E-state index in [2.05, 4.69) is 0 Å².